The molecule has 16 heavy (non-hydrogen) atoms. The van der Waals surface area contributed by atoms with Crippen LogP contribution in [0.3, 0.4) is 0 Å². The van der Waals surface area contributed by atoms with Crippen molar-refractivity contribution in [3.05, 3.63) is 35.4 Å². The Labute approximate surface area is 95.8 Å². The van der Waals surface area contributed by atoms with Gasteiger partial charge in [-0.1, -0.05) is 18.2 Å². The van der Waals surface area contributed by atoms with Gasteiger partial charge in [-0.25, -0.2) is 4.79 Å². The molecule has 86 valence electrons. The molecule has 0 aliphatic carbocycles. The lowest BCUT2D eigenvalue weighted by atomic mass is 9.88. The van der Waals surface area contributed by atoms with Crippen molar-refractivity contribution in [3.63, 3.8) is 0 Å². The van der Waals surface area contributed by atoms with Crippen molar-refractivity contribution < 1.29 is 9.53 Å². The lowest BCUT2D eigenvalue weighted by Crippen LogP contribution is -2.29. The van der Waals surface area contributed by atoms with Crippen molar-refractivity contribution in [2.45, 2.75) is 18.8 Å². The van der Waals surface area contributed by atoms with E-state index in [2.05, 4.69) is 5.32 Å². The largest absolute Gasteiger partial charge is 0.465 e. The number of hydrogen-bond donors (Lipinski definition) is 1. The van der Waals surface area contributed by atoms with Crippen molar-refractivity contribution in [1.82, 2.24) is 5.32 Å². The average molecular weight is 219 g/mol. The topological polar surface area (TPSA) is 38.3 Å². The molecule has 1 heterocycles. The number of piperidine rings is 1. The summed E-state index contributed by atoms with van der Waals surface area (Å²) < 4.78 is 4.81. The lowest BCUT2D eigenvalue weighted by Gasteiger charge is -2.24. The van der Waals surface area contributed by atoms with E-state index in [0.717, 1.165) is 25.1 Å². The van der Waals surface area contributed by atoms with Gasteiger partial charge >= 0.3 is 5.97 Å². The van der Waals surface area contributed by atoms with E-state index in [1.807, 2.05) is 24.3 Å². The van der Waals surface area contributed by atoms with Crippen LogP contribution in [0.1, 0.15) is 34.7 Å². The average Bonchev–Trinajstić information content (AvgIpc) is 2.39. The van der Waals surface area contributed by atoms with Crippen LogP contribution < -0.4 is 5.32 Å². The molecule has 3 heteroatoms. The highest BCUT2D eigenvalue weighted by molar-refractivity contribution is 5.91. The molecule has 0 spiro atoms. The smallest absolute Gasteiger partial charge is 0.338 e. The SMILES string of the molecule is COC(=O)c1ccccc1[C@H]1CCCNC1. The molecule has 0 unspecified atom stereocenters. The predicted octanol–water partition coefficient (Wildman–Crippen LogP) is 1.94. The first kappa shape index (κ1) is 11.1. The molecular weight excluding hydrogens is 202 g/mol. The van der Waals surface area contributed by atoms with E-state index in [1.165, 1.54) is 13.5 Å². The molecule has 0 radical (unpaired) electrons. The van der Waals surface area contributed by atoms with Crippen LogP contribution in [-0.2, 0) is 4.74 Å². The van der Waals surface area contributed by atoms with Crippen molar-refractivity contribution in [1.29, 1.82) is 0 Å². The van der Waals surface area contributed by atoms with Crippen LogP contribution in [0.5, 0.6) is 0 Å². The normalized spacial score (nSPS) is 20.4. The molecule has 1 saturated heterocycles. The molecule has 0 aromatic heterocycles. The fourth-order valence-corrected chi connectivity index (χ4v) is 2.27. The van der Waals surface area contributed by atoms with Gasteiger partial charge in [0, 0.05) is 6.54 Å². The molecule has 1 aliphatic rings. The Morgan fingerprint density at radius 3 is 2.94 bits per heavy atom. The maximum absolute atomic E-state index is 11.6. The number of carbonyl (C=O) groups is 1. The molecule has 0 saturated carbocycles. The summed E-state index contributed by atoms with van der Waals surface area (Å²) in [5.74, 6) is 0.199. The summed E-state index contributed by atoms with van der Waals surface area (Å²) in [6.07, 6.45) is 2.31. The Kier molecular flexibility index (Phi) is 3.57. The minimum atomic E-state index is -0.235. The number of hydrogen-bond acceptors (Lipinski definition) is 3. The molecule has 3 nitrogen and oxygen atoms in total. The molecular formula is C13H17NO2. The van der Waals surface area contributed by atoms with Gasteiger partial charge in [-0.3, -0.25) is 0 Å². The summed E-state index contributed by atoms with van der Waals surface area (Å²) in [6.45, 7) is 2.03. The van der Waals surface area contributed by atoms with Gasteiger partial charge in [0.15, 0.2) is 0 Å². The predicted molar refractivity (Wildman–Crippen MR) is 62.6 cm³/mol. The van der Waals surface area contributed by atoms with Crippen molar-refractivity contribution in [2.24, 2.45) is 0 Å². The summed E-state index contributed by atoms with van der Waals surface area (Å²) in [4.78, 5) is 11.6. The fourth-order valence-electron chi connectivity index (χ4n) is 2.27. The first-order valence-corrected chi connectivity index (χ1v) is 5.71. The third-order valence-corrected chi connectivity index (χ3v) is 3.10. The summed E-state index contributed by atoms with van der Waals surface area (Å²) in [7, 11) is 1.43. The molecule has 1 N–H and O–H groups in total. The molecule has 1 aromatic rings. The lowest BCUT2D eigenvalue weighted by molar-refractivity contribution is 0.0598. The molecule has 0 bridgehead atoms. The minimum absolute atomic E-state index is 0.235. The van der Waals surface area contributed by atoms with Crippen molar-refractivity contribution in [2.75, 3.05) is 20.2 Å². The van der Waals surface area contributed by atoms with E-state index in [0.29, 0.717) is 11.5 Å². The van der Waals surface area contributed by atoms with Gasteiger partial charge in [0.25, 0.3) is 0 Å². The van der Waals surface area contributed by atoms with Crippen LogP contribution in [0, 0.1) is 0 Å². The standard InChI is InChI=1S/C13H17NO2/c1-16-13(15)12-7-3-2-6-11(12)10-5-4-8-14-9-10/h2-3,6-7,10,14H,4-5,8-9H2,1H3/t10-/m0/s1. The van der Waals surface area contributed by atoms with Gasteiger partial charge in [-0.05, 0) is 36.9 Å². The highest BCUT2D eigenvalue weighted by atomic mass is 16.5. The Balaban J connectivity index is 2.28. The van der Waals surface area contributed by atoms with E-state index in [4.69, 9.17) is 4.74 Å². The number of methoxy groups -OCH3 is 1. The van der Waals surface area contributed by atoms with E-state index in [-0.39, 0.29) is 5.97 Å². The van der Waals surface area contributed by atoms with E-state index >= 15 is 0 Å². The van der Waals surface area contributed by atoms with Gasteiger partial charge in [0.05, 0.1) is 12.7 Å². The van der Waals surface area contributed by atoms with Crippen molar-refractivity contribution in [3.8, 4) is 0 Å². The first-order chi connectivity index (χ1) is 7.83. The van der Waals surface area contributed by atoms with Crippen LogP contribution >= 0.6 is 0 Å². The summed E-state index contributed by atoms with van der Waals surface area (Å²) in [5, 5.41) is 3.37. The molecule has 1 aromatic carbocycles. The number of ether oxygens (including phenoxy) is 1. The highest BCUT2D eigenvalue weighted by Crippen LogP contribution is 2.26. The fraction of sp³-hybridized carbons (Fsp3) is 0.462. The monoisotopic (exact) mass is 219 g/mol. The van der Waals surface area contributed by atoms with E-state index < -0.39 is 0 Å². The zero-order chi connectivity index (χ0) is 11.4. The number of benzene rings is 1. The second-order valence-electron chi connectivity index (χ2n) is 4.12. The number of rotatable bonds is 2. The van der Waals surface area contributed by atoms with Crippen LogP contribution in [-0.4, -0.2) is 26.2 Å². The van der Waals surface area contributed by atoms with Crippen LogP contribution in [0.15, 0.2) is 24.3 Å². The summed E-state index contributed by atoms with van der Waals surface area (Å²) >= 11 is 0. The van der Waals surface area contributed by atoms with Gasteiger partial charge in [0.1, 0.15) is 0 Å². The molecule has 2 rings (SSSR count). The van der Waals surface area contributed by atoms with Gasteiger partial charge in [-0.15, -0.1) is 0 Å². The van der Waals surface area contributed by atoms with E-state index in [9.17, 15) is 4.79 Å². The Morgan fingerprint density at radius 2 is 2.25 bits per heavy atom. The van der Waals surface area contributed by atoms with Crippen LogP contribution in [0.25, 0.3) is 0 Å². The maximum atomic E-state index is 11.6. The quantitative estimate of drug-likeness (QED) is 0.772. The third kappa shape index (κ3) is 2.25. The zero-order valence-corrected chi connectivity index (χ0v) is 9.53. The van der Waals surface area contributed by atoms with Gasteiger partial charge in [-0.2, -0.15) is 0 Å². The summed E-state index contributed by atoms with van der Waals surface area (Å²) in [5.41, 5.74) is 1.82. The molecule has 1 atom stereocenters. The summed E-state index contributed by atoms with van der Waals surface area (Å²) in [6, 6.07) is 7.74. The Bertz CT molecular complexity index is 370. The maximum Gasteiger partial charge on any atom is 0.338 e. The van der Waals surface area contributed by atoms with Crippen LogP contribution in [0.4, 0.5) is 0 Å². The Hall–Kier alpha value is -1.35. The number of nitrogens with one attached hydrogen (secondary N) is 1. The number of carbonyl (C=O) groups excluding carboxylic acids is 1. The molecule has 1 aliphatic heterocycles. The Morgan fingerprint density at radius 1 is 1.44 bits per heavy atom. The van der Waals surface area contributed by atoms with Gasteiger partial charge in [0.2, 0.25) is 0 Å². The second kappa shape index (κ2) is 5.12. The molecule has 1 fully saturated rings. The second-order valence-corrected chi connectivity index (χ2v) is 4.12. The zero-order valence-electron chi connectivity index (χ0n) is 9.53. The highest BCUT2D eigenvalue weighted by Gasteiger charge is 2.20. The first-order valence-electron chi connectivity index (χ1n) is 5.71. The van der Waals surface area contributed by atoms with Crippen LogP contribution in [0.2, 0.25) is 0 Å². The van der Waals surface area contributed by atoms with Crippen molar-refractivity contribution >= 4 is 5.97 Å². The minimum Gasteiger partial charge on any atom is -0.465 e. The van der Waals surface area contributed by atoms with E-state index in [1.54, 1.807) is 0 Å². The third-order valence-electron chi connectivity index (χ3n) is 3.10. The van der Waals surface area contributed by atoms with Gasteiger partial charge < -0.3 is 10.1 Å². The molecule has 0 amide bonds. The number of esters is 1.